The summed E-state index contributed by atoms with van der Waals surface area (Å²) in [4.78, 5) is 23.9. The van der Waals surface area contributed by atoms with Crippen LogP contribution in [-0.2, 0) is 11.3 Å². The van der Waals surface area contributed by atoms with E-state index in [0.717, 1.165) is 22.4 Å². The molecule has 5 heteroatoms. The minimum Gasteiger partial charge on any atom is -0.489 e. The van der Waals surface area contributed by atoms with E-state index >= 15 is 0 Å². The minimum absolute atomic E-state index is 0.126. The Bertz CT molecular complexity index is 1130. The van der Waals surface area contributed by atoms with Crippen LogP contribution in [0.2, 0.25) is 0 Å². The van der Waals surface area contributed by atoms with Crippen molar-refractivity contribution in [2.24, 2.45) is 0 Å². The molecule has 0 aromatic heterocycles. The standard InChI is InChI=1S/C28H27NO4/c1-28(2,3)33-27(31)29-19-26(30)24-15-11-21(12-16-24)9-10-22-13-17-25(18-14-22)32-20-23-7-5-4-6-8-23/h4-8,11-18H,19-20H2,1-3H3,(H,29,31). The number of amides is 1. The molecule has 3 aromatic carbocycles. The van der Waals surface area contributed by atoms with Crippen molar-refractivity contribution in [3.05, 3.63) is 101 Å². The summed E-state index contributed by atoms with van der Waals surface area (Å²) in [6, 6.07) is 24.6. The van der Waals surface area contributed by atoms with Gasteiger partial charge in [0.1, 0.15) is 18.0 Å². The summed E-state index contributed by atoms with van der Waals surface area (Å²) in [6.45, 7) is 5.69. The summed E-state index contributed by atoms with van der Waals surface area (Å²) >= 11 is 0. The average molecular weight is 442 g/mol. The van der Waals surface area contributed by atoms with E-state index in [4.69, 9.17) is 9.47 Å². The number of hydrogen-bond donors (Lipinski definition) is 1. The van der Waals surface area contributed by atoms with Crippen LogP contribution in [0.4, 0.5) is 4.79 Å². The second-order valence-electron chi connectivity index (χ2n) is 8.40. The molecule has 168 valence electrons. The Balaban J connectivity index is 1.51. The van der Waals surface area contributed by atoms with Crippen LogP contribution < -0.4 is 10.1 Å². The fourth-order valence-electron chi connectivity index (χ4n) is 2.83. The quantitative estimate of drug-likeness (QED) is 0.412. The van der Waals surface area contributed by atoms with Gasteiger partial charge in [0.15, 0.2) is 5.78 Å². The lowest BCUT2D eigenvalue weighted by Gasteiger charge is -2.19. The Kier molecular flexibility index (Phi) is 7.88. The second-order valence-corrected chi connectivity index (χ2v) is 8.40. The molecule has 0 spiro atoms. The smallest absolute Gasteiger partial charge is 0.408 e. The molecule has 0 saturated heterocycles. The molecular weight excluding hydrogens is 414 g/mol. The Labute approximate surface area is 194 Å². The average Bonchev–Trinajstić information content (AvgIpc) is 2.80. The summed E-state index contributed by atoms with van der Waals surface area (Å²) in [5, 5.41) is 2.47. The number of hydrogen-bond acceptors (Lipinski definition) is 4. The van der Waals surface area contributed by atoms with Gasteiger partial charge in [0.05, 0.1) is 6.54 Å². The van der Waals surface area contributed by atoms with Crippen molar-refractivity contribution in [2.75, 3.05) is 6.54 Å². The van der Waals surface area contributed by atoms with Gasteiger partial charge < -0.3 is 14.8 Å². The van der Waals surface area contributed by atoms with Gasteiger partial charge in [-0.2, -0.15) is 0 Å². The monoisotopic (exact) mass is 441 g/mol. The largest absolute Gasteiger partial charge is 0.489 e. The first-order valence-corrected chi connectivity index (χ1v) is 10.7. The molecule has 1 amide bonds. The van der Waals surface area contributed by atoms with Crippen LogP contribution >= 0.6 is 0 Å². The van der Waals surface area contributed by atoms with Crippen molar-refractivity contribution in [2.45, 2.75) is 33.0 Å². The van der Waals surface area contributed by atoms with E-state index < -0.39 is 11.7 Å². The number of rotatable bonds is 6. The van der Waals surface area contributed by atoms with Gasteiger partial charge in [-0.1, -0.05) is 54.3 Å². The molecule has 3 aromatic rings. The van der Waals surface area contributed by atoms with Gasteiger partial charge in [0, 0.05) is 16.7 Å². The zero-order valence-corrected chi connectivity index (χ0v) is 19.1. The van der Waals surface area contributed by atoms with Crippen LogP contribution in [0.1, 0.15) is 47.8 Å². The van der Waals surface area contributed by atoms with Crippen molar-refractivity contribution in [1.29, 1.82) is 0 Å². The maximum Gasteiger partial charge on any atom is 0.408 e. The number of benzene rings is 3. The van der Waals surface area contributed by atoms with Gasteiger partial charge in [-0.25, -0.2) is 4.79 Å². The van der Waals surface area contributed by atoms with Crippen LogP contribution in [0, 0.1) is 11.8 Å². The fourth-order valence-corrected chi connectivity index (χ4v) is 2.83. The number of carbonyl (C=O) groups is 2. The zero-order chi connectivity index (χ0) is 23.7. The summed E-state index contributed by atoms with van der Waals surface area (Å²) in [5.74, 6) is 6.78. The number of carbonyl (C=O) groups excluding carboxylic acids is 2. The molecule has 0 aliphatic rings. The maximum atomic E-state index is 12.3. The molecule has 0 aliphatic heterocycles. The Morgan fingerprint density at radius 1 is 0.818 bits per heavy atom. The summed E-state index contributed by atoms with van der Waals surface area (Å²) in [7, 11) is 0. The molecular formula is C28H27NO4. The van der Waals surface area contributed by atoms with Crippen LogP contribution in [-0.4, -0.2) is 24.0 Å². The topological polar surface area (TPSA) is 64.6 Å². The van der Waals surface area contributed by atoms with E-state index in [9.17, 15) is 9.59 Å². The molecule has 0 fully saturated rings. The van der Waals surface area contributed by atoms with Crippen molar-refractivity contribution < 1.29 is 19.1 Å². The molecule has 1 N–H and O–H groups in total. The first-order valence-electron chi connectivity index (χ1n) is 10.7. The van der Waals surface area contributed by atoms with Gasteiger partial charge in [-0.15, -0.1) is 0 Å². The van der Waals surface area contributed by atoms with Crippen LogP contribution in [0.15, 0.2) is 78.9 Å². The van der Waals surface area contributed by atoms with Crippen LogP contribution in [0.3, 0.4) is 0 Å². The predicted octanol–water partition coefficient (Wildman–Crippen LogP) is 5.37. The highest BCUT2D eigenvalue weighted by Crippen LogP contribution is 2.14. The second kappa shape index (κ2) is 11.0. The van der Waals surface area contributed by atoms with Crippen molar-refractivity contribution >= 4 is 11.9 Å². The molecule has 0 radical (unpaired) electrons. The molecule has 0 atom stereocenters. The third kappa shape index (κ3) is 8.19. The highest BCUT2D eigenvalue weighted by molar-refractivity contribution is 5.99. The molecule has 33 heavy (non-hydrogen) atoms. The molecule has 0 bridgehead atoms. The normalized spacial score (nSPS) is 10.5. The molecule has 0 heterocycles. The number of Topliss-reactive ketones (excluding diaryl/α,β-unsaturated/α-hetero) is 1. The van der Waals surface area contributed by atoms with Crippen molar-refractivity contribution in [1.82, 2.24) is 5.32 Å². The fraction of sp³-hybridized carbons (Fsp3) is 0.214. The van der Waals surface area contributed by atoms with Crippen molar-refractivity contribution in [3.63, 3.8) is 0 Å². The number of ketones is 1. The van der Waals surface area contributed by atoms with E-state index in [1.807, 2.05) is 54.6 Å². The Hall–Kier alpha value is -4.04. The van der Waals surface area contributed by atoms with Gasteiger partial charge >= 0.3 is 6.09 Å². The molecule has 0 aliphatic carbocycles. The lowest BCUT2D eigenvalue weighted by atomic mass is 10.1. The first-order chi connectivity index (χ1) is 15.8. The molecule has 0 unspecified atom stereocenters. The molecule has 0 saturated carbocycles. The number of nitrogens with one attached hydrogen (secondary N) is 1. The van der Waals surface area contributed by atoms with E-state index in [2.05, 4.69) is 17.2 Å². The maximum absolute atomic E-state index is 12.3. The lowest BCUT2D eigenvalue weighted by molar-refractivity contribution is 0.0520. The van der Waals surface area contributed by atoms with E-state index in [-0.39, 0.29) is 12.3 Å². The van der Waals surface area contributed by atoms with E-state index in [1.54, 1.807) is 45.0 Å². The molecule has 3 rings (SSSR count). The predicted molar refractivity (Wildman–Crippen MR) is 128 cm³/mol. The third-order valence-electron chi connectivity index (χ3n) is 4.45. The van der Waals surface area contributed by atoms with Crippen molar-refractivity contribution in [3.8, 4) is 17.6 Å². The highest BCUT2D eigenvalue weighted by Gasteiger charge is 2.16. The van der Waals surface area contributed by atoms with Crippen LogP contribution in [0.25, 0.3) is 0 Å². The Morgan fingerprint density at radius 3 is 1.97 bits per heavy atom. The van der Waals surface area contributed by atoms with E-state index in [0.29, 0.717) is 12.2 Å². The summed E-state index contributed by atoms with van der Waals surface area (Å²) in [5.41, 5.74) is 2.66. The van der Waals surface area contributed by atoms with Gasteiger partial charge in [-0.3, -0.25) is 4.79 Å². The van der Waals surface area contributed by atoms with Gasteiger partial charge in [0.25, 0.3) is 0 Å². The highest BCUT2D eigenvalue weighted by atomic mass is 16.6. The third-order valence-corrected chi connectivity index (χ3v) is 4.45. The number of ether oxygens (including phenoxy) is 2. The first kappa shape index (κ1) is 23.6. The van der Waals surface area contributed by atoms with Gasteiger partial charge in [0.2, 0.25) is 0 Å². The minimum atomic E-state index is -0.616. The van der Waals surface area contributed by atoms with E-state index in [1.165, 1.54) is 0 Å². The molecule has 5 nitrogen and oxygen atoms in total. The summed E-state index contributed by atoms with van der Waals surface area (Å²) < 4.78 is 10.9. The lowest BCUT2D eigenvalue weighted by Crippen LogP contribution is -2.35. The number of alkyl carbamates (subject to hydrolysis) is 1. The summed E-state index contributed by atoms with van der Waals surface area (Å²) in [6.07, 6.45) is -0.616. The Morgan fingerprint density at radius 2 is 1.39 bits per heavy atom. The van der Waals surface area contributed by atoms with Gasteiger partial charge in [-0.05, 0) is 62.7 Å². The SMILES string of the molecule is CC(C)(C)OC(=O)NCC(=O)c1ccc(C#Cc2ccc(OCc3ccccc3)cc2)cc1. The zero-order valence-electron chi connectivity index (χ0n) is 19.1. The van der Waals surface area contributed by atoms with Crippen LogP contribution in [0.5, 0.6) is 5.75 Å².